The monoisotopic (exact) mass is 457 g/mol. The molecule has 0 aliphatic carbocycles. The van der Waals surface area contributed by atoms with E-state index in [0.29, 0.717) is 22.0 Å². The van der Waals surface area contributed by atoms with E-state index in [1.165, 1.54) is 11.3 Å². The summed E-state index contributed by atoms with van der Waals surface area (Å²) in [4.78, 5) is 13.9. The minimum absolute atomic E-state index is 0.237. The maximum Gasteiger partial charge on any atom is 0.259 e. The van der Waals surface area contributed by atoms with Crippen LogP contribution in [0.5, 0.6) is 0 Å². The third-order valence-corrected chi connectivity index (χ3v) is 5.73. The summed E-state index contributed by atoms with van der Waals surface area (Å²) >= 11 is 11.0. The molecule has 1 amide bonds. The molecule has 4 rings (SSSR count). The number of thiophene rings is 1. The predicted octanol–water partition coefficient (Wildman–Crippen LogP) is 6.27. The van der Waals surface area contributed by atoms with E-state index in [9.17, 15) is 4.79 Å². The van der Waals surface area contributed by atoms with Crippen LogP contribution in [-0.2, 0) is 0 Å². The first-order chi connectivity index (χ1) is 13.1. The molecule has 1 N–H and O–H groups in total. The average molecular weight is 459 g/mol. The molecule has 0 unspecified atom stereocenters. The lowest BCUT2D eigenvalue weighted by Gasteiger charge is -2.05. The number of nitrogens with one attached hydrogen (secondary N) is 1. The summed E-state index contributed by atoms with van der Waals surface area (Å²) in [6, 6.07) is 20.7. The lowest BCUT2D eigenvalue weighted by Crippen LogP contribution is -2.12. The Hall–Kier alpha value is -2.41. The molecule has 0 saturated heterocycles. The Balaban J connectivity index is 1.75. The van der Waals surface area contributed by atoms with Crippen molar-refractivity contribution in [3.8, 4) is 16.3 Å². The van der Waals surface area contributed by atoms with Crippen molar-refractivity contribution in [3.63, 3.8) is 0 Å². The average Bonchev–Trinajstić information content (AvgIpc) is 3.29. The summed E-state index contributed by atoms with van der Waals surface area (Å²) in [5, 5.41) is 8.13. The Morgan fingerprint density at radius 1 is 1.07 bits per heavy atom. The number of carbonyl (C=O) groups is 1. The van der Waals surface area contributed by atoms with E-state index in [0.717, 1.165) is 14.4 Å². The summed E-state index contributed by atoms with van der Waals surface area (Å²) in [5.74, 6) is -0.237. The van der Waals surface area contributed by atoms with Crippen LogP contribution in [0, 0.1) is 0 Å². The van der Waals surface area contributed by atoms with Crippen molar-refractivity contribution >= 4 is 50.5 Å². The topological polar surface area (TPSA) is 46.9 Å². The van der Waals surface area contributed by atoms with Gasteiger partial charge in [0.15, 0.2) is 0 Å². The zero-order chi connectivity index (χ0) is 18.8. The fourth-order valence-electron chi connectivity index (χ4n) is 2.64. The van der Waals surface area contributed by atoms with Crippen LogP contribution < -0.4 is 5.32 Å². The van der Waals surface area contributed by atoms with Gasteiger partial charge in [0.05, 0.1) is 19.9 Å². The van der Waals surface area contributed by atoms with Crippen LogP contribution in [0.2, 0.25) is 5.02 Å². The van der Waals surface area contributed by atoms with E-state index in [4.69, 9.17) is 11.6 Å². The molecule has 0 aliphatic heterocycles. The molecule has 0 radical (unpaired) electrons. The van der Waals surface area contributed by atoms with Crippen LogP contribution in [0.1, 0.15) is 10.4 Å². The zero-order valence-electron chi connectivity index (χ0n) is 13.9. The number of rotatable bonds is 4. The smallest absolute Gasteiger partial charge is 0.259 e. The van der Waals surface area contributed by atoms with Gasteiger partial charge in [-0.3, -0.25) is 4.79 Å². The van der Waals surface area contributed by atoms with Gasteiger partial charge in [-0.1, -0.05) is 35.9 Å². The van der Waals surface area contributed by atoms with Gasteiger partial charge in [0.2, 0.25) is 0 Å². The largest absolute Gasteiger partial charge is 0.322 e. The maximum atomic E-state index is 13.0. The van der Waals surface area contributed by atoms with Crippen molar-refractivity contribution in [2.75, 3.05) is 5.32 Å². The van der Waals surface area contributed by atoms with Gasteiger partial charge in [-0.2, -0.15) is 5.10 Å². The van der Waals surface area contributed by atoms with Crippen molar-refractivity contribution in [1.29, 1.82) is 0 Å². The second-order valence-corrected chi connectivity index (χ2v) is 8.64. The van der Waals surface area contributed by atoms with Gasteiger partial charge >= 0.3 is 0 Å². The van der Waals surface area contributed by atoms with E-state index in [1.54, 1.807) is 35.1 Å². The van der Waals surface area contributed by atoms with Crippen LogP contribution in [0.4, 0.5) is 5.69 Å². The Kier molecular flexibility index (Phi) is 5.11. The van der Waals surface area contributed by atoms with Gasteiger partial charge < -0.3 is 5.32 Å². The second-order valence-electron chi connectivity index (χ2n) is 5.74. The van der Waals surface area contributed by atoms with E-state index in [1.807, 2.05) is 42.5 Å². The van der Waals surface area contributed by atoms with Gasteiger partial charge in [0.25, 0.3) is 5.91 Å². The molecule has 0 aliphatic rings. The first-order valence-electron chi connectivity index (χ1n) is 8.08. The summed E-state index contributed by atoms with van der Waals surface area (Å²) < 4.78 is 2.70. The Bertz CT molecular complexity index is 1110. The highest BCUT2D eigenvalue weighted by atomic mass is 79.9. The third-order valence-electron chi connectivity index (χ3n) is 3.87. The van der Waals surface area contributed by atoms with Crippen LogP contribution >= 0.6 is 38.9 Å². The number of amides is 1. The van der Waals surface area contributed by atoms with Crippen molar-refractivity contribution < 1.29 is 4.79 Å². The second kappa shape index (κ2) is 7.68. The van der Waals surface area contributed by atoms with Crippen LogP contribution in [0.3, 0.4) is 0 Å². The molecule has 7 heteroatoms. The molecule has 0 fully saturated rings. The fraction of sp³-hybridized carbons (Fsp3) is 0. The number of carbonyl (C=O) groups excluding carboxylic acids is 1. The molecular weight excluding hydrogens is 446 g/mol. The molecule has 2 heterocycles. The SMILES string of the molecule is O=C(Nc1cccc(Cl)c1)c1cn(-c2ccccc2)nc1-c1ccc(Br)s1. The molecule has 0 spiro atoms. The number of benzene rings is 2. The number of anilines is 1. The minimum Gasteiger partial charge on any atom is -0.322 e. The molecular formula is C20H13BrClN3OS. The van der Waals surface area contributed by atoms with E-state index < -0.39 is 0 Å². The molecule has 0 bridgehead atoms. The number of hydrogen-bond acceptors (Lipinski definition) is 3. The first-order valence-corrected chi connectivity index (χ1v) is 10.1. The quantitative estimate of drug-likeness (QED) is 0.392. The van der Waals surface area contributed by atoms with Crippen molar-refractivity contribution in [2.45, 2.75) is 0 Å². The Labute approximate surface area is 173 Å². The number of para-hydroxylation sites is 1. The number of aromatic nitrogens is 2. The summed E-state index contributed by atoms with van der Waals surface area (Å²) in [6.07, 6.45) is 1.75. The lowest BCUT2D eigenvalue weighted by molar-refractivity contribution is 0.102. The first kappa shape index (κ1) is 18.0. The van der Waals surface area contributed by atoms with Crippen LogP contribution in [-0.4, -0.2) is 15.7 Å². The Morgan fingerprint density at radius 2 is 1.89 bits per heavy atom. The van der Waals surface area contributed by atoms with Gasteiger partial charge in [-0.15, -0.1) is 11.3 Å². The lowest BCUT2D eigenvalue weighted by atomic mass is 10.2. The highest BCUT2D eigenvalue weighted by molar-refractivity contribution is 9.11. The Morgan fingerprint density at radius 3 is 2.59 bits per heavy atom. The van der Waals surface area contributed by atoms with Gasteiger partial charge in [-0.05, 0) is 58.4 Å². The minimum atomic E-state index is -0.237. The molecule has 2 aromatic carbocycles. The highest BCUT2D eigenvalue weighted by Crippen LogP contribution is 2.33. The van der Waals surface area contributed by atoms with Crippen LogP contribution in [0.15, 0.2) is 76.7 Å². The number of halogens is 2. The number of hydrogen-bond donors (Lipinski definition) is 1. The molecule has 134 valence electrons. The summed E-state index contributed by atoms with van der Waals surface area (Å²) in [7, 11) is 0. The van der Waals surface area contributed by atoms with Gasteiger partial charge in [0, 0.05) is 16.9 Å². The molecule has 0 saturated carbocycles. The standard InChI is InChI=1S/C20H13BrClN3OS/c21-18-10-9-17(27-18)19-16(12-25(24-19)15-7-2-1-3-8-15)20(26)23-14-6-4-5-13(22)11-14/h1-12H,(H,23,26). The maximum absolute atomic E-state index is 13.0. The highest BCUT2D eigenvalue weighted by Gasteiger charge is 2.20. The van der Waals surface area contributed by atoms with E-state index in [-0.39, 0.29) is 5.91 Å². The van der Waals surface area contributed by atoms with Crippen molar-refractivity contribution in [1.82, 2.24) is 9.78 Å². The van der Waals surface area contributed by atoms with Gasteiger partial charge in [0.1, 0.15) is 5.69 Å². The fourth-order valence-corrected chi connectivity index (χ4v) is 4.22. The van der Waals surface area contributed by atoms with Crippen LogP contribution in [0.25, 0.3) is 16.3 Å². The number of nitrogens with zero attached hydrogens (tertiary/aromatic N) is 2. The van der Waals surface area contributed by atoms with Gasteiger partial charge in [-0.25, -0.2) is 4.68 Å². The molecule has 2 aromatic heterocycles. The third kappa shape index (κ3) is 3.98. The molecule has 4 aromatic rings. The molecule has 4 nitrogen and oxygen atoms in total. The zero-order valence-corrected chi connectivity index (χ0v) is 17.1. The normalized spacial score (nSPS) is 10.7. The van der Waals surface area contributed by atoms with Crippen molar-refractivity contribution in [2.24, 2.45) is 0 Å². The predicted molar refractivity (Wildman–Crippen MR) is 114 cm³/mol. The summed E-state index contributed by atoms with van der Waals surface area (Å²) in [5.41, 5.74) is 2.65. The van der Waals surface area contributed by atoms with Crippen molar-refractivity contribution in [3.05, 3.63) is 87.3 Å². The molecule has 0 atom stereocenters. The van der Waals surface area contributed by atoms with E-state index in [2.05, 4.69) is 26.3 Å². The molecule has 27 heavy (non-hydrogen) atoms. The summed E-state index contributed by atoms with van der Waals surface area (Å²) in [6.45, 7) is 0. The van der Waals surface area contributed by atoms with E-state index >= 15 is 0 Å².